The maximum atomic E-state index is 10.8. The number of aromatic hydroxyl groups is 1. The number of hydrogen-bond acceptors (Lipinski definition) is 3. The number of thiol groups is 1. The topological polar surface area (TPSA) is 48.9 Å². The molecule has 1 aromatic heterocycles. The average molecular weight is 318 g/mol. The van der Waals surface area contributed by atoms with Crippen molar-refractivity contribution in [3.05, 3.63) is 29.0 Å². The molecule has 0 unspecified atom stereocenters. The first kappa shape index (κ1) is 16.9. The highest BCUT2D eigenvalue weighted by atomic mass is 32.1. The van der Waals surface area contributed by atoms with Crippen LogP contribution in [-0.2, 0) is 10.8 Å². The Bertz CT molecular complexity index is 668. The Labute approximate surface area is 138 Å². The van der Waals surface area contributed by atoms with Crippen molar-refractivity contribution in [2.75, 3.05) is 0 Å². The number of benzene rings is 1. The molecular weight excluding hydrogens is 292 g/mol. The quantitative estimate of drug-likeness (QED) is 0.650. The number of phenols is 1. The molecule has 1 aromatic carbocycles. The second-order valence-corrected chi connectivity index (χ2v) is 8.36. The molecule has 4 heteroatoms. The van der Waals surface area contributed by atoms with E-state index >= 15 is 0 Å². The number of rotatable bonds is 1. The van der Waals surface area contributed by atoms with Crippen LogP contribution < -0.4 is 0 Å². The van der Waals surface area contributed by atoms with Crippen molar-refractivity contribution in [2.24, 2.45) is 0 Å². The van der Waals surface area contributed by atoms with Gasteiger partial charge in [0.25, 0.3) is 0 Å². The molecule has 0 aliphatic heterocycles. The predicted octanol–water partition coefficient (Wildman–Crippen LogP) is 4.97. The molecule has 0 aliphatic rings. The minimum absolute atomic E-state index is 0.141. The van der Waals surface area contributed by atoms with Crippen LogP contribution in [0, 0.1) is 6.92 Å². The molecule has 22 heavy (non-hydrogen) atoms. The maximum Gasteiger partial charge on any atom is 0.162 e. The molecule has 120 valence electrons. The highest BCUT2D eigenvalue weighted by molar-refractivity contribution is 7.80. The van der Waals surface area contributed by atoms with Crippen molar-refractivity contribution in [3.63, 3.8) is 0 Å². The third-order valence-corrected chi connectivity index (χ3v) is 4.10. The lowest BCUT2D eigenvalue weighted by molar-refractivity contribution is 0.423. The minimum Gasteiger partial charge on any atom is -0.507 e. The number of nitrogens with one attached hydrogen (secondary N) is 1. The number of aromatic nitrogens is 2. The van der Waals surface area contributed by atoms with Gasteiger partial charge >= 0.3 is 0 Å². The lowest BCUT2D eigenvalue weighted by Crippen LogP contribution is -2.17. The Kier molecular flexibility index (Phi) is 4.11. The van der Waals surface area contributed by atoms with Gasteiger partial charge in [-0.2, -0.15) is 0 Å². The van der Waals surface area contributed by atoms with Crippen molar-refractivity contribution >= 4 is 12.6 Å². The van der Waals surface area contributed by atoms with Gasteiger partial charge in [0.05, 0.1) is 11.4 Å². The van der Waals surface area contributed by atoms with Gasteiger partial charge in [-0.1, -0.05) is 41.5 Å². The van der Waals surface area contributed by atoms with E-state index in [1.54, 1.807) is 0 Å². The largest absolute Gasteiger partial charge is 0.507 e. The summed E-state index contributed by atoms with van der Waals surface area (Å²) >= 11 is 4.30. The number of aryl methyl sites for hydroxylation is 1. The van der Waals surface area contributed by atoms with Gasteiger partial charge in [-0.3, -0.25) is 0 Å². The molecule has 2 rings (SSSR count). The fourth-order valence-corrected chi connectivity index (χ4v) is 2.91. The molecule has 3 nitrogen and oxygen atoms in total. The molecule has 0 spiro atoms. The van der Waals surface area contributed by atoms with E-state index in [0.29, 0.717) is 10.9 Å². The lowest BCUT2D eigenvalue weighted by Gasteiger charge is -2.28. The molecule has 1 heterocycles. The maximum absolute atomic E-state index is 10.8. The second-order valence-electron chi connectivity index (χ2n) is 7.94. The van der Waals surface area contributed by atoms with Gasteiger partial charge in [0, 0.05) is 16.7 Å². The van der Waals surface area contributed by atoms with Gasteiger partial charge in [-0.15, -0.1) is 12.6 Å². The molecule has 0 atom stereocenters. The van der Waals surface area contributed by atoms with Crippen LogP contribution in [-0.4, -0.2) is 15.1 Å². The molecule has 0 aliphatic carbocycles. The van der Waals surface area contributed by atoms with Crippen LogP contribution in [0.3, 0.4) is 0 Å². The fourth-order valence-electron chi connectivity index (χ4n) is 2.65. The Morgan fingerprint density at radius 2 is 1.45 bits per heavy atom. The Balaban J connectivity index is 2.79. The molecular formula is C18H26N2OS. The third-order valence-electron chi connectivity index (χ3n) is 3.89. The lowest BCUT2D eigenvalue weighted by atomic mass is 9.78. The molecule has 2 aromatic rings. The van der Waals surface area contributed by atoms with Crippen molar-refractivity contribution in [2.45, 2.75) is 64.5 Å². The van der Waals surface area contributed by atoms with Crippen molar-refractivity contribution in [1.29, 1.82) is 0 Å². The van der Waals surface area contributed by atoms with E-state index < -0.39 is 0 Å². The van der Waals surface area contributed by atoms with Crippen LogP contribution in [0.25, 0.3) is 11.3 Å². The molecule has 2 N–H and O–H groups in total. The van der Waals surface area contributed by atoms with E-state index in [2.05, 4.69) is 76.3 Å². The first-order valence-corrected chi connectivity index (χ1v) is 8.00. The van der Waals surface area contributed by atoms with Gasteiger partial charge in [0.1, 0.15) is 5.75 Å². The first-order chi connectivity index (χ1) is 9.91. The third kappa shape index (κ3) is 3.17. The highest BCUT2D eigenvalue weighted by Gasteiger charge is 2.27. The molecule has 0 bridgehead atoms. The smallest absolute Gasteiger partial charge is 0.162 e. The van der Waals surface area contributed by atoms with E-state index in [-0.39, 0.29) is 10.8 Å². The molecule has 0 saturated carbocycles. The summed E-state index contributed by atoms with van der Waals surface area (Å²) in [5.41, 5.74) is 4.53. The van der Waals surface area contributed by atoms with E-state index in [9.17, 15) is 5.11 Å². The summed E-state index contributed by atoms with van der Waals surface area (Å²) in [6.07, 6.45) is 0. The molecule has 0 amide bonds. The monoisotopic (exact) mass is 318 g/mol. The number of H-pyrrole nitrogens is 1. The Hall–Kier alpha value is -1.42. The van der Waals surface area contributed by atoms with Gasteiger partial charge in [0.2, 0.25) is 0 Å². The highest BCUT2D eigenvalue weighted by Crippen LogP contribution is 2.42. The zero-order valence-corrected chi connectivity index (χ0v) is 15.4. The fraction of sp³-hybridized carbons (Fsp3) is 0.500. The van der Waals surface area contributed by atoms with Crippen molar-refractivity contribution in [3.8, 4) is 17.0 Å². The van der Waals surface area contributed by atoms with Gasteiger partial charge in [-0.05, 0) is 29.9 Å². The number of phenolic OH excluding ortho intramolecular Hbond substituents is 1. The number of aromatic amines is 1. The second kappa shape index (κ2) is 5.34. The van der Waals surface area contributed by atoms with E-state index in [4.69, 9.17) is 0 Å². The summed E-state index contributed by atoms with van der Waals surface area (Å²) in [6, 6.07) is 4.11. The van der Waals surface area contributed by atoms with Crippen LogP contribution in [0.1, 0.15) is 58.4 Å². The summed E-state index contributed by atoms with van der Waals surface area (Å²) in [5.74, 6) is 0.395. The summed E-state index contributed by atoms with van der Waals surface area (Å²) in [7, 11) is 0. The Morgan fingerprint density at radius 3 is 1.77 bits per heavy atom. The molecule has 0 fully saturated rings. The van der Waals surface area contributed by atoms with Gasteiger partial charge in [-0.25, -0.2) is 4.98 Å². The summed E-state index contributed by atoms with van der Waals surface area (Å²) in [6.45, 7) is 14.6. The van der Waals surface area contributed by atoms with Crippen LogP contribution in [0.2, 0.25) is 0 Å². The van der Waals surface area contributed by atoms with E-state index in [0.717, 1.165) is 28.1 Å². The standard InChI is InChI=1S/C18H26N2OS/c1-10-14(20-16(22)19-10)11-8-12(17(2,3)4)15(21)13(9-11)18(5,6)7/h8-9,21H,1-7H3,(H2,19,20,22). The van der Waals surface area contributed by atoms with Crippen molar-refractivity contribution < 1.29 is 5.11 Å². The first-order valence-electron chi connectivity index (χ1n) is 7.55. The zero-order valence-electron chi connectivity index (χ0n) is 14.5. The van der Waals surface area contributed by atoms with Crippen LogP contribution in [0.15, 0.2) is 17.3 Å². The Morgan fingerprint density at radius 1 is 1.00 bits per heavy atom. The summed E-state index contributed by atoms with van der Waals surface area (Å²) in [5, 5.41) is 11.4. The summed E-state index contributed by atoms with van der Waals surface area (Å²) in [4.78, 5) is 7.55. The normalized spacial score (nSPS) is 12.7. The average Bonchev–Trinajstić information content (AvgIpc) is 2.65. The number of nitrogens with zero attached hydrogens (tertiary/aromatic N) is 1. The summed E-state index contributed by atoms with van der Waals surface area (Å²) < 4.78 is 0. The van der Waals surface area contributed by atoms with Gasteiger partial charge in [0.15, 0.2) is 5.16 Å². The molecule has 0 radical (unpaired) electrons. The number of imidazole rings is 1. The van der Waals surface area contributed by atoms with Crippen molar-refractivity contribution in [1.82, 2.24) is 9.97 Å². The van der Waals surface area contributed by atoms with Crippen LogP contribution in [0.4, 0.5) is 0 Å². The SMILES string of the molecule is Cc1nc(S)[nH]c1-c1cc(C(C)(C)C)c(O)c(C(C)(C)C)c1. The van der Waals surface area contributed by atoms with E-state index in [1.165, 1.54) is 0 Å². The van der Waals surface area contributed by atoms with E-state index in [1.807, 2.05) is 6.92 Å². The molecule has 0 saturated heterocycles. The predicted molar refractivity (Wildman–Crippen MR) is 95.1 cm³/mol. The van der Waals surface area contributed by atoms with Gasteiger partial charge < -0.3 is 10.1 Å². The minimum atomic E-state index is -0.141. The van der Waals surface area contributed by atoms with Crippen LogP contribution >= 0.6 is 12.6 Å². The zero-order chi connectivity index (χ0) is 16.9. The van der Waals surface area contributed by atoms with Crippen LogP contribution in [0.5, 0.6) is 5.75 Å². The number of hydrogen-bond donors (Lipinski definition) is 3.